The second kappa shape index (κ2) is 5.20. The van der Waals surface area contributed by atoms with E-state index in [-0.39, 0.29) is 5.56 Å². The van der Waals surface area contributed by atoms with Gasteiger partial charge in [0.25, 0.3) is 0 Å². The number of pyridine rings is 1. The molecule has 1 aromatic carbocycles. The average molecular weight is 279 g/mol. The van der Waals surface area contributed by atoms with Crippen molar-refractivity contribution < 1.29 is 9.90 Å². The van der Waals surface area contributed by atoms with E-state index in [2.05, 4.69) is 10.1 Å². The molecule has 5 nitrogen and oxygen atoms in total. The van der Waals surface area contributed by atoms with E-state index in [4.69, 9.17) is 5.11 Å². The lowest BCUT2D eigenvalue weighted by Crippen LogP contribution is -2.01. The first-order valence-corrected chi connectivity index (χ1v) is 6.46. The van der Waals surface area contributed by atoms with Gasteiger partial charge in [0.05, 0.1) is 28.8 Å². The van der Waals surface area contributed by atoms with Crippen molar-refractivity contribution in [3.05, 3.63) is 66.1 Å². The molecule has 0 aliphatic rings. The van der Waals surface area contributed by atoms with Gasteiger partial charge in [-0.3, -0.25) is 4.98 Å². The summed E-state index contributed by atoms with van der Waals surface area (Å²) in [6, 6.07) is 13.0. The van der Waals surface area contributed by atoms with Crippen molar-refractivity contribution in [3.63, 3.8) is 0 Å². The maximum Gasteiger partial charge on any atom is 0.337 e. The molecule has 0 bridgehead atoms. The molecule has 0 saturated heterocycles. The summed E-state index contributed by atoms with van der Waals surface area (Å²) in [5.74, 6) is -0.966. The van der Waals surface area contributed by atoms with Crippen molar-refractivity contribution in [1.29, 1.82) is 0 Å². The minimum atomic E-state index is -0.966. The van der Waals surface area contributed by atoms with Gasteiger partial charge in [-0.15, -0.1) is 0 Å². The van der Waals surface area contributed by atoms with E-state index in [1.165, 1.54) is 0 Å². The Morgan fingerprint density at radius 2 is 1.90 bits per heavy atom. The molecule has 0 unspecified atom stereocenters. The molecule has 0 radical (unpaired) electrons. The fourth-order valence-corrected chi connectivity index (χ4v) is 2.12. The Morgan fingerprint density at radius 1 is 1.14 bits per heavy atom. The third kappa shape index (κ3) is 2.53. The van der Waals surface area contributed by atoms with Crippen LogP contribution in [0, 0.1) is 6.92 Å². The largest absolute Gasteiger partial charge is 0.478 e. The van der Waals surface area contributed by atoms with Crippen molar-refractivity contribution >= 4 is 5.97 Å². The zero-order valence-electron chi connectivity index (χ0n) is 11.4. The van der Waals surface area contributed by atoms with E-state index >= 15 is 0 Å². The molecule has 0 fully saturated rings. The number of carbonyl (C=O) groups is 1. The van der Waals surface area contributed by atoms with Crippen LogP contribution in [0.4, 0.5) is 0 Å². The molecule has 2 aromatic heterocycles. The second-order valence-electron chi connectivity index (χ2n) is 4.64. The van der Waals surface area contributed by atoms with Gasteiger partial charge in [0.1, 0.15) is 0 Å². The van der Waals surface area contributed by atoms with Gasteiger partial charge in [0.15, 0.2) is 0 Å². The van der Waals surface area contributed by atoms with Crippen LogP contribution in [-0.4, -0.2) is 25.8 Å². The maximum atomic E-state index is 11.0. The van der Waals surface area contributed by atoms with Gasteiger partial charge < -0.3 is 5.11 Å². The van der Waals surface area contributed by atoms with Crippen LogP contribution in [0.3, 0.4) is 0 Å². The quantitative estimate of drug-likeness (QED) is 0.800. The number of aromatic nitrogens is 3. The number of hydrogen-bond acceptors (Lipinski definition) is 3. The van der Waals surface area contributed by atoms with Crippen molar-refractivity contribution in [1.82, 2.24) is 14.8 Å². The molecule has 104 valence electrons. The number of carboxylic acid groups (broad SMARTS) is 1. The summed E-state index contributed by atoms with van der Waals surface area (Å²) in [5, 5.41) is 13.3. The topological polar surface area (TPSA) is 68.0 Å². The van der Waals surface area contributed by atoms with Crippen LogP contribution in [0.2, 0.25) is 0 Å². The van der Waals surface area contributed by atoms with Gasteiger partial charge in [0, 0.05) is 11.8 Å². The first-order chi connectivity index (χ1) is 10.1. The maximum absolute atomic E-state index is 11.0. The van der Waals surface area contributed by atoms with Crippen LogP contribution in [0.15, 0.2) is 54.9 Å². The van der Waals surface area contributed by atoms with Crippen molar-refractivity contribution in [2.24, 2.45) is 0 Å². The number of aromatic carboxylic acids is 1. The molecule has 21 heavy (non-hydrogen) atoms. The highest BCUT2D eigenvalue weighted by molar-refractivity contribution is 5.89. The van der Waals surface area contributed by atoms with Gasteiger partial charge in [-0.25, -0.2) is 9.48 Å². The zero-order valence-corrected chi connectivity index (χ0v) is 11.4. The molecular formula is C16H13N3O2. The van der Waals surface area contributed by atoms with Crippen LogP contribution in [-0.2, 0) is 0 Å². The molecule has 3 rings (SSSR count). The van der Waals surface area contributed by atoms with E-state index in [0.717, 1.165) is 11.3 Å². The highest BCUT2D eigenvalue weighted by atomic mass is 16.4. The predicted octanol–water partition coefficient (Wildman–Crippen LogP) is 2.94. The van der Waals surface area contributed by atoms with Gasteiger partial charge in [-0.2, -0.15) is 5.10 Å². The van der Waals surface area contributed by atoms with Gasteiger partial charge in [-0.05, 0) is 31.2 Å². The summed E-state index contributed by atoms with van der Waals surface area (Å²) < 4.78 is 1.76. The highest BCUT2D eigenvalue weighted by Crippen LogP contribution is 2.20. The Labute approximate surface area is 121 Å². The average Bonchev–Trinajstić information content (AvgIpc) is 2.97. The Kier molecular flexibility index (Phi) is 3.23. The monoisotopic (exact) mass is 279 g/mol. The first-order valence-electron chi connectivity index (χ1n) is 6.46. The lowest BCUT2D eigenvalue weighted by Gasteiger charge is -2.02. The Balaban J connectivity index is 1.97. The van der Waals surface area contributed by atoms with Crippen molar-refractivity contribution in [2.75, 3.05) is 0 Å². The Morgan fingerprint density at radius 3 is 2.57 bits per heavy atom. The molecule has 3 aromatic rings. The van der Waals surface area contributed by atoms with E-state index in [0.29, 0.717) is 11.4 Å². The summed E-state index contributed by atoms with van der Waals surface area (Å²) in [5.41, 5.74) is 3.22. The van der Waals surface area contributed by atoms with Gasteiger partial charge >= 0.3 is 5.97 Å². The third-order valence-corrected chi connectivity index (χ3v) is 3.22. The van der Waals surface area contributed by atoms with Crippen LogP contribution < -0.4 is 0 Å². The standard InChI is InChI=1S/C16H13N3O2/c1-11-14(16(20)21)7-8-15(18-11)12-9-17-19(10-12)13-5-3-2-4-6-13/h2-10H,1H3,(H,20,21). The Hall–Kier alpha value is -2.95. The SMILES string of the molecule is Cc1nc(-c2cnn(-c3ccccc3)c2)ccc1C(=O)O. The molecule has 0 atom stereocenters. The number of para-hydroxylation sites is 1. The molecule has 0 amide bonds. The van der Waals surface area contributed by atoms with E-state index < -0.39 is 5.97 Å². The molecule has 5 heteroatoms. The normalized spacial score (nSPS) is 10.5. The van der Waals surface area contributed by atoms with Crippen molar-refractivity contribution in [3.8, 4) is 16.9 Å². The van der Waals surface area contributed by atoms with E-state index in [1.54, 1.807) is 29.9 Å². The predicted molar refractivity (Wildman–Crippen MR) is 78.5 cm³/mol. The summed E-state index contributed by atoms with van der Waals surface area (Å²) in [6.45, 7) is 1.69. The second-order valence-corrected chi connectivity index (χ2v) is 4.64. The number of carboxylic acids is 1. The van der Waals surface area contributed by atoms with Gasteiger partial charge in [-0.1, -0.05) is 18.2 Å². The number of rotatable bonds is 3. The van der Waals surface area contributed by atoms with Crippen LogP contribution in [0.5, 0.6) is 0 Å². The minimum absolute atomic E-state index is 0.217. The molecule has 1 N–H and O–H groups in total. The molecule has 0 aliphatic heterocycles. The van der Waals surface area contributed by atoms with Crippen molar-refractivity contribution in [2.45, 2.75) is 6.92 Å². The Bertz CT molecular complexity index is 794. The lowest BCUT2D eigenvalue weighted by atomic mass is 10.1. The minimum Gasteiger partial charge on any atom is -0.478 e. The molecule has 0 aliphatic carbocycles. The number of aryl methyl sites for hydroxylation is 1. The summed E-state index contributed by atoms with van der Waals surface area (Å²) >= 11 is 0. The van der Waals surface area contributed by atoms with Crippen LogP contribution >= 0.6 is 0 Å². The smallest absolute Gasteiger partial charge is 0.337 e. The number of benzene rings is 1. The number of nitrogens with zero attached hydrogens (tertiary/aromatic N) is 3. The fraction of sp³-hybridized carbons (Fsp3) is 0.0625. The van der Waals surface area contributed by atoms with E-state index in [9.17, 15) is 4.79 Å². The molecule has 0 saturated carbocycles. The zero-order chi connectivity index (χ0) is 14.8. The van der Waals surface area contributed by atoms with Crippen LogP contribution in [0.25, 0.3) is 16.9 Å². The summed E-state index contributed by atoms with van der Waals surface area (Å²) in [6.07, 6.45) is 3.59. The summed E-state index contributed by atoms with van der Waals surface area (Å²) in [4.78, 5) is 15.3. The first kappa shape index (κ1) is 13.1. The lowest BCUT2D eigenvalue weighted by molar-refractivity contribution is 0.0695. The molecular weight excluding hydrogens is 266 g/mol. The molecule has 0 spiro atoms. The highest BCUT2D eigenvalue weighted by Gasteiger charge is 2.11. The summed E-state index contributed by atoms with van der Waals surface area (Å²) in [7, 11) is 0. The fourth-order valence-electron chi connectivity index (χ4n) is 2.12. The van der Waals surface area contributed by atoms with E-state index in [1.807, 2.05) is 36.5 Å². The molecule has 2 heterocycles. The number of hydrogen-bond donors (Lipinski definition) is 1. The van der Waals surface area contributed by atoms with Crippen LogP contribution in [0.1, 0.15) is 16.1 Å². The van der Waals surface area contributed by atoms with Gasteiger partial charge in [0.2, 0.25) is 0 Å². The third-order valence-electron chi connectivity index (χ3n) is 3.22.